The van der Waals surface area contributed by atoms with Crippen LogP contribution in [-0.2, 0) is 0 Å². The Morgan fingerprint density at radius 2 is 1.39 bits per heavy atom. The summed E-state index contributed by atoms with van der Waals surface area (Å²) in [5, 5.41) is 16.3. The van der Waals surface area contributed by atoms with Crippen LogP contribution >= 0.6 is 0 Å². The standard InChI is InChI=1S/C26H24N2O3/c29-23(19-13-15-20(16-14-19)24-12-7-17-31-24)18-27-26(30)28-25(21-8-3-1-4-9-21)22-10-5-2-6-11-22/h1-17,23,25,29H,18H2,(H2,27,28,30)/t23-/m1/s1. The number of carbonyl (C=O) groups is 1. The summed E-state index contributed by atoms with van der Waals surface area (Å²) in [6.07, 6.45) is 0.807. The van der Waals surface area contributed by atoms with Gasteiger partial charge in [-0.1, -0.05) is 84.9 Å². The highest BCUT2D eigenvalue weighted by Gasteiger charge is 2.17. The Labute approximate surface area is 181 Å². The molecule has 0 bridgehead atoms. The minimum Gasteiger partial charge on any atom is -0.464 e. The molecule has 31 heavy (non-hydrogen) atoms. The molecule has 0 aliphatic rings. The van der Waals surface area contributed by atoms with Crippen LogP contribution < -0.4 is 10.6 Å². The first-order valence-electron chi connectivity index (χ1n) is 10.2. The van der Waals surface area contributed by atoms with Gasteiger partial charge in [-0.3, -0.25) is 0 Å². The summed E-state index contributed by atoms with van der Waals surface area (Å²) in [6, 6.07) is 30.1. The fraction of sp³-hybridized carbons (Fsp3) is 0.115. The third-order valence-electron chi connectivity index (χ3n) is 5.10. The summed E-state index contributed by atoms with van der Waals surface area (Å²) in [4.78, 5) is 12.6. The Hall–Kier alpha value is -3.83. The third kappa shape index (κ3) is 5.21. The van der Waals surface area contributed by atoms with Crippen molar-refractivity contribution in [3.63, 3.8) is 0 Å². The van der Waals surface area contributed by atoms with Gasteiger partial charge in [0, 0.05) is 12.1 Å². The molecule has 0 unspecified atom stereocenters. The van der Waals surface area contributed by atoms with Gasteiger partial charge in [0.05, 0.1) is 18.4 Å². The maximum Gasteiger partial charge on any atom is 0.315 e. The average molecular weight is 412 g/mol. The number of aliphatic hydroxyl groups excluding tert-OH is 1. The Kier molecular flexibility index (Phi) is 6.45. The van der Waals surface area contributed by atoms with Crippen LogP contribution in [0.1, 0.15) is 28.8 Å². The molecule has 3 N–H and O–H groups in total. The van der Waals surface area contributed by atoms with Crippen molar-refractivity contribution in [3.8, 4) is 11.3 Å². The van der Waals surface area contributed by atoms with Gasteiger partial charge in [-0.2, -0.15) is 0 Å². The number of rotatable bonds is 7. The Bertz CT molecular complexity index is 1040. The predicted octanol–water partition coefficient (Wildman–Crippen LogP) is 5.07. The first-order chi connectivity index (χ1) is 15.2. The second-order valence-electron chi connectivity index (χ2n) is 7.22. The van der Waals surface area contributed by atoms with Crippen LogP contribution in [0.25, 0.3) is 11.3 Å². The van der Waals surface area contributed by atoms with Crippen molar-refractivity contribution in [3.05, 3.63) is 120 Å². The lowest BCUT2D eigenvalue weighted by atomic mass is 9.99. The average Bonchev–Trinajstić information content (AvgIpc) is 3.37. The zero-order chi connectivity index (χ0) is 21.5. The third-order valence-corrected chi connectivity index (χ3v) is 5.10. The maximum atomic E-state index is 12.6. The number of nitrogens with one attached hydrogen (secondary N) is 2. The summed E-state index contributed by atoms with van der Waals surface area (Å²) >= 11 is 0. The van der Waals surface area contributed by atoms with Gasteiger partial charge in [-0.25, -0.2) is 4.79 Å². The molecule has 0 radical (unpaired) electrons. The van der Waals surface area contributed by atoms with E-state index in [2.05, 4.69) is 10.6 Å². The van der Waals surface area contributed by atoms with Crippen molar-refractivity contribution in [2.75, 3.05) is 6.54 Å². The van der Waals surface area contributed by atoms with Crippen molar-refractivity contribution in [1.82, 2.24) is 10.6 Å². The van der Waals surface area contributed by atoms with Gasteiger partial charge in [0.25, 0.3) is 0 Å². The fourth-order valence-corrected chi connectivity index (χ4v) is 3.45. The van der Waals surface area contributed by atoms with Gasteiger partial charge >= 0.3 is 6.03 Å². The van der Waals surface area contributed by atoms with Crippen molar-refractivity contribution < 1.29 is 14.3 Å². The normalized spacial score (nSPS) is 11.8. The minimum atomic E-state index is -0.816. The molecule has 1 aromatic heterocycles. The first-order valence-corrected chi connectivity index (χ1v) is 10.2. The zero-order valence-corrected chi connectivity index (χ0v) is 16.9. The van der Waals surface area contributed by atoms with Crippen LogP contribution in [0.3, 0.4) is 0 Å². The molecule has 5 heteroatoms. The molecule has 0 saturated heterocycles. The van der Waals surface area contributed by atoms with E-state index in [9.17, 15) is 9.90 Å². The summed E-state index contributed by atoms with van der Waals surface area (Å²) in [7, 11) is 0. The van der Waals surface area contributed by atoms with Crippen molar-refractivity contribution in [2.24, 2.45) is 0 Å². The quantitative estimate of drug-likeness (QED) is 0.397. The number of aliphatic hydroxyl groups is 1. The molecule has 0 aliphatic heterocycles. The van der Waals surface area contributed by atoms with Crippen LogP contribution in [0.2, 0.25) is 0 Å². The molecule has 5 nitrogen and oxygen atoms in total. The highest BCUT2D eigenvalue weighted by atomic mass is 16.3. The molecule has 0 saturated carbocycles. The molecular formula is C26H24N2O3. The number of amides is 2. The molecule has 0 fully saturated rings. The van der Waals surface area contributed by atoms with E-state index in [1.54, 1.807) is 6.26 Å². The smallest absolute Gasteiger partial charge is 0.315 e. The largest absolute Gasteiger partial charge is 0.464 e. The number of hydrogen-bond acceptors (Lipinski definition) is 3. The Morgan fingerprint density at radius 3 is 1.94 bits per heavy atom. The molecular weight excluding hydrogens is 388 g/mol. The predicted molar refractivity (Wildman–Crippen MR) is 120 cm³/mol. The fourth-order valence-electron chi connectivity index (χ4n) is 3.45. The lowest BCUT2D eigenvalue weighted by Crippen LogP contribution is -2.40. The van der Waals surface area contributed by atoms with E-state index in [0.29, 0.717) is 0 Å². The molecule has 0 aliphatic carbocycles. The van der Waals surface area contributed by atoms with E-state index >= 15 is 0 Å². The first kappa shape index (κ1) is 20.4. The monoisotopic (exact) mass is 412 g/mol. The van der Waals surface area contributed by atoms with E-state index in [1.165, 1.54) is 0 Å². The van der Waals surface area contributed by atoms with Gasteiger partial charge in [-0.15, -0.1) is 0 Å². The van der Waals surface area contributed by atoms with Crippen molar-refractivity contribution in [1.29, 1.82) is 0 Å². The van der Waals surface area contributed by atoms with Crippen LogP contribution in [0, 0.1) is 0 Å². The van der Waals surface area contributed by atoms with Crippen LogP contribution in [0.5, 0.6) is 0 Å². The lowest BCUT2D eigenvalue weighted by molar-refractivity contribution is 0.173. The molecule has 1 atom stereocenters. The highest BCUT2D eigenvalue weighted by molar-refractivity contribution is 5.75. The molecule has 4 aromatic rings. The van der Waals surface area contributed by atoms with Crippen LogP contribution in [-0.4, -0.2) is 17.7 Å². The van der Waals surface area contributed by atoms with E-state index in [0.717, 1.165) is 28.0 Å². The SMILES string of the molecule is O=C(NC[C@@H](O)c1ccc(-c2ccco2)cc1)NC(c1ccccc1)c1ccccc1. The number of urea groups is 1. The summed E-state index contributed by atoms with van der Waals surface area (Å²) in [6.45, 7) is 0.0994. The van der Waals surface area contributed by atoms with E-state index < -0.39 is 6.10 Å². The number of benzene rings is 3. The maximum absolute atomic E-state index is 12.6. The zero-order valence-electron chi connectivity index (χ0n) is 16.9. The van der Waals surface area contributed by atoms with Gasteiger partial charge in [0.1, 0.15) is 5.76 Å². The number of hydrogen-bond donors (Lipinski definition) is 3. The number of carbonyl (C=O) groups excluding carboxylic acids is 1. The molecule has 1 heterocycles. The number of furan rings is 1. The van der Waals surface area contributed by atoms with E-state index in [1.807, 2.05) is 97.1 Å². The van der Waals surface area contributed by atoms with E-state index in [4.69, 9.17) is 4.42 Å². The molecule has 156 valence electrons. The van der Waals surface area contributed by atoms with Gasteiger partial charge < -0.3 is 20.2 Å². The molecule has 2 amide bonds. The van der Waals surface area contributed by atoms with Gasteiger partial charge in [-0.05, 0) is 28.8 Å². The summed E-state index contributed by atoms with van der Waals surface area (Å²) in [5.41, 5.74) is 3.62. The van der Waals surface area contributed by atoms with Gasteiger partial charge in [0.15, 0.2) is 0 Å². The second-order valence-corrected chi connectivity index (χ2v) is 7.22. The van der Waals surface area contributed by atoms with Crippen molar-refractivity contribution in [2.45, 2.75) is 12.1 Å². The molecule has 0 spiro atoms. The highest BCUT2D eigenvalue weighted by Crippen LogP contribution is 2.23. The lowest BCUT2D eigenvalue weighted by Gasteiger charge is -2.21. The molecule has 3 aromatic carbocycles. The van der Waals surface area contributed by atoms with Gasteiger partial charge in [0.2, 0.25) is 0 Å². The summed E-state index contributed by atoms with van der Waals surface area (Å²) in [5.74, 6) is 0.770. The Balaban J connectivity index is 1.38. The Morgan fingerprint density at radius 1 is 0.774 bits per heavy atom. The van der Waals surface area contributed by atoms with Crippen LogP contribution in [0.4, 0.5) is 4.79 Å². The second kappa shape index (κ2) is 9.78. The summed E-state index contributed by atoms with van der Waals surface area (Å²) < 4.78 is 5.38. The van der Waals surface area contributed by atoms with E-state index in [-0.39, 0.29) is 18.6 Å². The van der Waals surface area contributed by atoms with Crippen LogP contribution in [0.15, 0.2) is 108 Å². The molecule has 4 rings (SSSR count). The topological polar surface area (TPSA) is 74.5 Å². The van der Waals surface area contributed by atoms with Crippen molar-refractivity contribution >= 4 is 6.03 Å². The minimum absolute atomic E-state index is 0.0994.